The smallest absolute Gasteiger partial charge is 0.259 e. The SMILES string of the molecule is COc1cccc2c(=O)[nH]c(-c3ccc(C(C)CO)cc3)nc12. The van der Waals surface area contributed by atoms with Crippen molar-refractivity contribution < 1.29 is 9.84 Å². The Labute approximate surface area is 133 Å². The minimum Gasteiger partial charge on any atom is -0.494 e. The van der Waals surface area contributed by atoms with E-state index in [1.165, 1.54) is 0 Å². The molecular weight excluding hydrogens is 292 g/mol. The Morgan fingerprint density at radius 2 is 1.96 bits per heavy atom. The van der Waals surface area contributed by atoms with Crippen LogP contribution >= 0.6 is 0 Å². The van der Waals surface area contributed by atoms with Crippen LogP contribution in [0.5, 0.6) is 5.75 Å². The zero-order chi connectivity index (χ0) is 16.4. The van der Waals surface area contributed by atoms with Crippen LogP contribution in [-0.4, -0.2) is 28.8 Å². The van der Waals surface area contributed by atoms with E-state index >= 15 is 0 Å². The molecule has 5 heteroatoms. The van der Waals surface area contributed by atoms with Gasteiger partial charge in [0.25, 0.3) is 5.56 Å². The molecular formula is C18H18N2O3. The van der Waals surface area contributed by atoms with Crippen molar-refractivity contribution in [1.29, 1.82) is 0 Å². The summed E-state index contributed by atoms with van der Waals surface area (Å²) >= 11 is 0. The predicted molar refractivity (Wildman–Crippen MR) is 89.9 cm³/mol. The molecule has 3 rings (SSSR count). The minimum absolute atomic E-state index is 0.0766. The molecule has 1 aromatic heterocycles. The van der Waals surface area contributed by atoms with Crippen molar-refractivity contribution in [2.45, 2.75) is 12.8 Å². The molecule has 0 fully saturated rings. The third kappa shape index (κ3) is 2.83. The number of aliphatic hydroxyl groups is 1. The van der Waals surface area contributed by atoms with E-state index in [9.17, 15) is 9.90 Å². The van der Waals surface area contributed by atoms with Crippen molar-refractivity contribution in [2.24, 2.45) is 0 Å². The molecule has 0 aliphatic carbocycles. The number of rotatable bonds is 4. The fourth-order valence-electron chi connectivity index (χ4n) is 2.51. The summed E-state index contributed by atoms with van der Waals surface area (Å²) in [7, 11) is 1.56. The van der Waals surface area contributed by atoms with Gasteiger partial charge in [-0.05, 0) is 17.7 Å². The first-order valence-electron chi connectivity index (χ1n) is 7.42. The number of H-pyrrole nitrogens is 1. The Hall–Kier alpha value is -2.66. The predicted octanol–water partition coefficient (Wildman–Crippen LogP) is 2.69. The molecule has 23 heavy (non-hydrogen) atoms. The molecule has 118 valence electrons. The molecule has 0 saturated heterocycles. The molecule has 0 radical (unpaired) electrons. The van der Waals surface area contributed by atoms with Gasteiger partial charge in [0.15, 0.2) is 0 Å². The highest BCUT2D eigenvalue weighted by Gasteiger charge is 2.10. The number of aromatic nitrogens is 2. The van der Waals surface area contributed by atoms with Gasteiger partial charge in [0.1, 0.15) is 17.1 Å². The summed E-state index contributed by atoms with van der Waals surface area (Å²) in [5.74, 6) is 1.14. The summed E-state index contributed by atoms with van der Waals surface area (Å²) in [6.45, 7) is 2.05. The normalized spacial score (nSPS) is 12.3. The molecule has 0 saturated carbocycles. The quantitative estimate of drug-likeness (QED) is 0.777. The van der Waals surface area contributed by atoms with Gasteiger partial charge in [-0.15, -0.1) is 0 Å². The minimum atomic E-state index is -0.197. The fraction of sp³-hybridized carbons (Fsp3) is 0.222. The van der Waals surface area contributed by atoms with Crippen LogP contribution in [0.3, 0.4) is 0 Å². The zero-order valence-corrected chi connectivity index (χ0v) is 13.0. The van der Waals surface area contributed by atoms with Gasteiger partial charge in [-0.3, -0.25) is 4.79 Å². The largest absolute Gasteiger partial charge is 0.494 e. The first-order chi connectivity index (χ1) is 11.1. The van der Waals surface area contributed by atoms with Crippen LogP contribution in [-0.2, 0) is 0 Å². The number of fused-ring (bicyclic) bond motifs is 1. The van der Waals surface area contributed by atoms with Gasteiger partial charge in [0.05, 0.1) is 12.5 Å². The number of hydrogen-bond donors (Lipinski definition) is 2. The Morgan fingerprint density at radius 3 is 2.61 bits per heavy atom. The van der Waals surface area contributed by atoms with Crippen LogP contribution in [0.25, 0.3) is 22.3 Å². The molecule has 0 aliphatic rings. The number of nitrogens with one attached hydrogen (secondary N) is 1. The lowest BCUT2D eigenvalue weighted by atomic mass is 10.0. The van der Waals surface area contributed by atoms with Crippen LogP contribution in [0.2, 0.25) is 0 Å². The summed E-state index contributed by atoms with van der Waals surface area (Å²) in [5.41, 5.74) is 2.19. The van der Waals surface area contributed by atoms with E-state index in [0.717, 1.165) is 11.1 Å². The van der Waals surface area contributed by atoms with E-state index in [0.29, 0.717) is 22.5 Å². The molecule has 0 bridgehead atoms. The lowest BCUT2D eigenvalue weighted by molar-refractivity contribution is 0.273. The maximum atomic E-state index is 12.3. The Morgan fingerprint density at radius 1 is 1.22 bits per heavy atom. The molecule has 5 nitrogen and oxygen atoms in total. The van der Waals surface area contributed by atoms with E-state index in [2.05, 4.69) is 9.97 Å². The van der Waals surface area contributed by atoms with Gasteiger partial charge in [0.2, 0.25) is 0 Å². The van der Waals surface area contributed by atoms with Crippen molar-refractivity contribution in [1.82, 2.24) is 9.97 Å². The molecule has 1 atom stereocenters. The number of hydrogen-bond acceptors (Lipinski definition) is 4. The second kappa shape index (κ2) is 6.22. The van der Waals surface area contributed by atoms with E-state index in [1.54, 1.807) is 25.3 Å². The molecule has 3 aromatic rings. The van der Waals surface area contributed by atoms with Crippen molar-refractivity contribution in [3.63, 3.8) is 0 Å². The monoisotopic (exact) mass is 310 g/mol. The Kier molecular flexibility index (Phi) is 4.12. The zero-order valence-electron chi connectivity index (χ0n) is 13.0. The lowest BCUT2D eigenvalue weighted by Crippen LogP contribution is -2.10. The van der Waals surface area contributed by atoms with Gasteiger partial charge < -0.3 is 14.8 Å². The van der Waals surface area contributed by atoms with Crippen molar-refractivity contribution in [3.05, 3.63) is 58.4 Å². The topological polar surface area (TPSA) is 75.2 Å². The molecule has 2 N–H and O–H groups in total. The van der Waals surface area contributed by atoms with Crippen LogP contribution in [0.4, 0.5) is 0 Å². The molecule has 1 unspecified atom stereocenters. The maximum absolute atomic E-state index is 12.3. The van der Waals surface area contributed by atoms with Crippen LogP contribution in [0.1, 0.15) is 18.4 Å². The van der Waals surface area contributed by atoms with Crippen molar-refractivity contribution >= 4 is 10.9 Å². The highest BCUT2D eigenvalue weighted by molar-refractivity contribution is 5.85. The summed E-state index contributed by atoms with van der Waals surface area (Å²) in [5, 5.41) is 9.71. The van der Waals surface area contributed by atoms with Crippen LogP contribution in [0, 0.1) is 0 Å². The van der Waals surface area contributed by atoms with Crippen molar-refractivity contribution in [3.8, 4) is 17.1 Å². The van der Waals surface area contributed by atoms with Crippen LogP contribution < -0.4 is 10.3 Å². The third-order valence-electron chi connectivity index (χ3n) is 3.95. The second-order valence-corrected chi connectivity index (χ2v) is 5.48. The number of benzene rings is 2. The number of methoxy groups -OCH3 is 1. The number of para-hydroxylation sites is 1. The summed E-state index contributed by atoms with van der Waals surface area (Å²) in [4.78, 5) is 19.6. The number of ether oxygens (including phenoxy) is 1. The number of aromatic amines is 1. The van der Waals surface area contributed by atoms with Crippen molar-refractivity contribution in [2.75, 3.05) is 13.7 Å². The first-order valence-corrected chi connectivity index (χ1v) is 7.42. The van der Waals surface area contributed by atoms with E-state index < -0.39 is 0 Å². The molecule has 1 heterocycles. The average Bonchev–Trinajstić information content (AvgIpc) is 2.60. The maximum Gasteiger partial charge on any atom is 0.259 e. The van der Waals surface area contributed by atoms with Gasteiger partial charge >= 0.3 is 0 Å². The van der Waals surface area contributed by atoms with E-state index in [4.69, 9.17) is 4.74 Å². The van der Waals surface area contributed by atoms with Gasteiger partial charge in [-0.2, -0.15) is 0 Å². The third-order valence-corrected chi connectivity index (χ3v) is 3.95. The highest BCUT2D eigenvalue weighted by Crippen LogP contribution is 2.24. The second-order valence-electron chi connectivity index (χ2n) is 5.48. The van der Waals surface area contributed by atoms with E-state index in [-0.39, 0.29) is 18.1 Å². The molecule has 2 aromatic carbocycles. The van der Waals surface area contributed by atoms with Crippen LogP contribution in [0.15, 0.2) is 47.3 Å². The van der Waals surface area contributed by atoms with E-state index in [1.807, 2.05) is 31.2 Å². The number of aliphatic hydroxyl groups excluding tert-OH is 1. The summed E-state index contributed by atoms with van der Waals surface area (Å²) in [6, 6.07) is 12.9. The number of nitrogens with zero attached hydrogens (tertiary/aromatic N) is 1. The van der Waals surface area contributed by atoms with Gasteiger partial charge in [0, 0.05) is 18.1 Å². The highest BCUT2D eigenvalue weighted by atomic mass is 16.5. The lowest BCUT2D eigenvalue weighted by Gasteiger charge is -2.10. The van der Waals surface area contributed by atoms with Gasteiger partial charge in [-0.25, -0.2) is 4.98 Å². The van der Waals surface area contributed by atoms with Gasteiger partial charge in [-0.1, -0.05) is 37.3 Å². The Bertz CT molecular complexity index is 885. The summed E-state index contributed by atoms with van der Waals surface area (Å²) in [6.07, 6.45) is 0. The first kappa shape index (κ1) is 15.2. The summed E-state index contributed by atoms with van der Waals surface area (Å²) < 4.78 is 5.30. The molecule has 0 amide bonds. The fourth-order valence-corrected chi connectivity index (χ4v) is 2.51. The standard InChI is InChI=1S/C18H18N2O3/c1-11(10-21)12-6-8-13(9-7-12)17-19-16-14(18(22)20-17)4-3-5-15(16)23-2/h3-9,11,21H,10H2,1-2H3,(H,19,20,22). The molecule has 0 aliphatic heterocycles. The average molecular weight is 310 g/mol. The Balaban J connectivity index is 2.11. The molecule has 0 spiro atoms.